The molecule has 2 N–H and O–H groups in total. The van der Waals surface area contributed by atoms with E-state index in [0.29, 0.717) is 23.9 Å². The highest BCUT2D eigenvalue weighted by Crippen LogP contribution is 2.34. The zero-order valence-electron chi connectivity index (χ0n) is 11.6. The van der Waals surface area contributed by atoms with E-state index in [2.05, 4.69) is 0 Å². The first-order valence-corrected chi connectivity index (χ1v) is 9.09. The topological polar surface area (TPSA) is 63.4 Å². The SMILES string of the molecule is CCCN(CC1CC1)S(=O)(=O)c1c(C)csc1CN. The van der Waals surface area contributed by atoms with Crippen molar-refractivity contribution in [2.24, 2.45) is 11.7 Å². The summed E-state index contributed by atoms with van der Waals surface area (Å²) < 4.78 is 27.3. The van der Waals surface area contributed by atoms with E-state index in [1.54, 1.807) is 4.31 Å². The van der Waals surface area contributed by atoms with Gasteiger partial charge in [0.2, 0.25) is 10.0 Å². The van der Waals surface area contributed by atoms with Gasteiger partial charge in [-0.15, -0.1) is 11.3 Å². The molecule has 0 amide bonds. The summed E-state index contributed by atoms with van der Waals surface area (Å²) in [6, 6.07) is 0. The van der Waals surface area contributed by atoms with Gasteiger partial charge in [-0.1, -0.05) is 6.92 Å². The lowest BCUT2D eigenvalue weighted by atomic mass is 10.3. The first kappa shape index (κ1) is 15.0. The Bertz CT molecular complexity index is 533. The number of nitrogens with two attached hydrogens (primary N) is 1. The fraction of sp³-hybridized carbons (Fsp3) is 0.692. The summed E-state index contributed by atoms with van der Waals surface area (Å²) in [5.41, 5.74) is 6.50. The number of sulfonamides is 1. The summed E-state index contributed by atoms with van der Waals surface area (Å²) in [4.78, 5) is 1.23. The number of rotatable bonds is 7. The molecular weight excluding hydrogens is 280 g/mol. The van der Waals surface area contributed by atoms with Crippen LogP contribution < -0.4 is 5.73 Å². The molecule has 1 fully saturated rings. The summed E-state index contributed by atoms with van der Waals surface area (Å²) >= 11 is 1.44. The molecule has 108 valence electrons. The van der Waals surface area contributed by atoms with Gasteiger partial charge in [0.05, 0.1) is 0 Å². The molecule has 1 aromatic rings. The Morgan fingerprint density at radius 1 is 1.47 bits per heavy atom. The lowest BCUT2D eigenvalue weighted by Crippen LogP contribution is -2.34. The molecule has 0 aromatic carbocycles. The summed E-state index contributed by atoms with van der Waals surface area (Å²) in [5.74, 6) is 0.557. The Morgan fingerprint density at radius 3 is 2.68 bits per heavy atom. The van der Waals surface area contributed by atoms with Crippen LogP contribution in [0.15, 0.2) is 10.3 Å². The van der Waals surface area contributed by atoms with Crippen LogP contribution in [0.2, 0.25) is 0 Å². The van der Waals surface area contributed by atoms with Gasteiger partial charge in [0, 0.05) is 24.5 Å². The predicted molar refractivity (Wildman–Crippen MR) is 78.7 cm³/mol. The van der Waals surface area contributed by atoms with Crippen molar-refractivity contribution in [3.8, 4) is 0 Å². The van der Waals surface area contributed by atoms with E-state index in [1.165, 1.54) is 11.3 Å². The molecule has 2 rings (SSSR count). The predicted octanol–water partition coefficient (Wildman–Crippen LogP) is 2.33. The quantitative estimate of drug-likeness (QED) is 0.841. The van der Waals surface area contributed by atoms with E-state index >= 15 is 0 Å². The third kappa shape index (κ3) is 3.18. The highest BCUT2D eigenvalue weighted by Gasteiger charge is 2.33. The molecule has 4 nitrogen and oxygen atoms in total. The molecule has 1 aromatic heterocycles. The van der Waals surface area contributed by atoms with Crippen molar-refractivity contribution in [2.75, 3.05) is 13.1 Å². The van der Waals surface area contributed by atoms with E-state index < -0.39 is 10.0 Å². The van der Waals surface area contributed by atoms with Gasteiger partial charge in [0.1, 0.15) is 4.90 Å². The highest BCUT2D eigenvalue weighted by molar-refractivity contribution is 7.89. The van der Waals surface area contributed by atoms with Crippen molar-refractivity contribution >= 4 is 21.4 Å². The number of hydrogen-bond donors (Lipinski definition) is 1. The van der Waals surface area contributed by atoms with Crippen molar-refractivity contribution in [3.63, 3.8) is 0 Å². The Labute approximate surface area is 119 Å². The van der Waals surface area contributed by atoms with E-state index in [9.17, 15) is 8.42 Å². The molecule has 0 spiro atoms. The third-order valence-corrected chi connectivity index (χ3v) is 6.76. The van der Waals surface area contributed by atoms with Crippen molar-refractivity contribution in [1.29, 1.82) is 0 Å². The Balaban J connectivity index is 2.34. The van der Waals surface area contributed by atoms with E-state index in [-0.39, 0.29) is 6.54 Å². The lowest BCUT2D eigenvalue weighted by Gasteiger charge is -2.22. The monoisotopic (exact) mass is 302 g/mol. The van der Waals surface area contributed by atoms with E-state index in [1.807, 2.05) is 19.2 Å². The molecule has 0 unspecified atom stereocenters. The highest BCUT2D eigenvalue weighted by atomic mass is 32.2. The third-order valence-electron chi connectivity index (χ3n) is 3.40. The Kier molecular flexibility index (Phi) is 4.66. The summed E-state index contributed by atoms with van der Waals surface area (Å²) in [5, 5.41) is 1.89. The fourth-order valence-corrected chi connectivity index (χ4v) is 5.51. The number of thiophene rings is 1. The van der Waals surface area contributed by atoms with Crippen molar-refractivity contribution in [3.05, 3.63) is 15.8 Å². The van der Waals surface area contributed by atoms with Crippen LogP contribution >= 0.6 is 11.3 Å². The van der Waals surface area contributed by atoms with Crippen molar-refractivity contribution in [1.82, 2.24) is 4.31 Å². The molecule has 0 bridgehead atoms. The molecule has 0 saturated heterocycles. The van der Waals surface area contributed by atoms with Crippen LogP contribution in [0.1, 0.15) is 36.6 Å². The second-order valence-corrected chi connectivity index (χ2v) is 8.02. The molecule has 0 atom stereocenters. The van der Waals surface area contributed by atoms with Gasteiger partial charge in [-0.3, -0.25) is 0 Å². The largest absolute Gasteiger partial charge is 0.326 e. The van der Waals surface area contributed by atoms with Gasteiger partial charge in [0.25, 0.3) is 0 Å². The maximum Gasteiger partial charge on any atom is 0.244 e. The Morgan fingerprint density at radius 2 is 2.16 bits per heavy atom. The van der Waals surface area contributed by atoms with Gasteiger partial charge < -0.3 is 5.73 Å². The standard InChI is InChI=1S/C13H22N2O2S2/c1-3-6-15(8-11-4-5-11)19(16,17)13-10(2)9-18-12(13)7-14/h9,11H,3-8,14H2,1-2H3. The van der Waals surface area contributed by atoms with Gasteiger partial charge in [-0.05, 0) is 43.0 Å². The minimum absolute atomic E-state index is 0.288. The van der Waals surface area contributed by atoms with Crippen LogP contribution in [-0.4, -0.2) is 25.8 Å². The summed E-state index contributed by atoms with van der Waals surface area (Å²) in [6.45, 7) is 5.41. The van der Waals surface area contributed by atoms with E-state index in [0.717, 1.165) is 29.7 Å². The zero-order valence-corrected chi connectivity index (χ0v) is 13.2. The minimum Gasteiger partial charge on any atom is -0.326 e. The molecular formula is C13H22N2O2S2. The van der Waals surface area contributed by atoms with Crippen molar-refractivity contribution < 1.29 is 8.42 Å². The van der Waals surface area contributed by atoms with Gasteiger partial charge in [-0.25, -0.2) is 8.42 Å². The summed E-state index contributed by atoms with van der Waals surface area (Å²) in [6.07, 6.45) is 3.15. The molecule has 0 radical (unpaired) electrons. The lowest BCUT2D eigenvalue weighted by molar-refractivity contribution is 0.395. The van der Waals surface area contributed by atoms with Crippen LogP contribution in [-0.2, 0) is 16.6 Å². The average molecular weight is 302 g/mol. The molecule has 1 saturated carbocycles. The fourth-order valence-electron chi connectivity index (χ4n) is 2.25. The molecule has 1 aliphatic carbocycles. The normalized spacial score (nSPS) is 16.2. The van der Waals surface area contributed by atoms with Crippen LogP contribution in [0.25, 0.3) is 0 Å². The van der Waals surface area contributed by atoms with Gasteiger partial charge in [0.15, 0.2) is 0 Å². The van der Waals surface area contributed by atoms with Crippen LogP contribution in [0.5, 0.6) is 0 Å². The molecule has 6 heteroatoms. The minimum atomic E-state index is -3.38. The average Bonchev–Trinajstić information content (AvgIpc) is 3.09. The number of aryl methyl sites for hydroxylation is 1. The van der Waals surface area contributed by atoms with Crippen LogP contribution in [0, 0.1) is 12.8 Å². The molecule has 1 heterocycles. The van der Waals surface area contributed by atoms with Crippen LogP contribution in [0.4, 0.5) is 0 Å². The number of hydrogen-bond acceptors (Lipinski definition) is 4. The molecule has 19 heavy (non-hydrogen) atoms. The smallest absolute Gasteiger partial charge is 0.244 e. The van der Waals surface area contributed by atoms with Gasteiger partial charge in [-0.2, -0.15) is 4.31 Å². The first-order chi connectivity index (χ1) is 9.00. The number of nitrogens with zero attached hydrogens (tertiary/aromatic N) is 1. The second kappa shape index (κ2) is 5.91. The van der Waals surface area contributed by atoms with E-state index in [4.69, 9.17) is 5.73 Å². The van der Waals surface area contributed by atoms with Crippen LogP contribution in [0.3, 0.4) is 0 Å². The van der Waals surface area contributed by atoms with Crippen molar-refractivity contribution in [2.45, 2.75) is 44.6 Å². The summed E-state index contributed by atoms with van der Waals surface area (Å²) in [7, 11) is -3.38. The maximum absolute atomic E-state index is 12.8. The maximum atomic E-state index is 12.8. The second-order valence-electron chi connectivity index (χ2n) is 5.18. The zero-order chi connectivity index (χ0) is 14.0. The Hall–Kier alpha value is -0.430. The molecule has 1 aliphatic rings. The first-order valence-electron chi connectivity index (χ1n) is 6.77. The van der Waals surface area contributed by atoms with Gasteiger partial charge >= 0.3 is 0 Å². The molecule has 0 aliphatic heterocycles.